The minimum atomic E-state index is -3.48. The molecule has 1 aromatic heterocycles. The van der Waals surface area contributed by atoms with Crippen LogP contribution >= 0.6 is 22.0 Å². The molecule has 0 saturated heterocycles. The van der Waals surface area contributed by atoms with Crippen LogP contribution in [0.15, 0.2) is 29.6 Å². The van der Waals surface area contributed by atoms with Crippen LogP contribution in [-0.2, 0) is 9.05 Å². The number of hydrogen-bond acceptors (Lipinski definition) is 4. The summed E-state index contributed by atoms with van der Waals surface area (Å²) in [7, 11) is 1.61. The average Bonchev–Trinajstić information content (AvgIpc) is 2.64. The van der Waals surface area contributed by atoms with E-state index in [1.54, 1.807) is 11.3 Å². The van der Waals surface area contributed by atoms with E-state index in [-0.39, 0.29) is 12.4 Å². The van der Waals surface area contributed by atoms with E-state index in [2.05, 4.69) is 0 Å². The van der Waals surface area contributed by atoms with Crippen molar-refractivity contribution in [2.45, 2.75) is 0 Å². The smallest absolute Gasteiger partial charge is 0.235 e. The summed E-state index contributed by atoms with van der Waals surface area (Å²) in [6.45, 7) is 0.0702. The molecule has 0 bridgehead atoms. The van der Waals surface area contributed by atoms with E-state index in [0.29, 0.717) is 5.75 Å². The molecule has 0 fully saturated rings. The molecule has 0 unspecified atom stereocenters. The Bertz CT molecular complexity index is 589. The number of fused-ring (bicyclic) bond motifs is 1. The molecule has 1 heterocycles. The van der Waals surface area contributed by atoms with Crippen LogP contribution in [0.2, 0.25) is 0 Å². The van der Waals surface area contributed by atoms with Crippen molar-refractivity contribution in [3.05, 3.63) is 29.6 Å². The maximum absolute atomic E-state index is 10.7. The highest BCUT2D eigenvalue weighted by atomic mass is 35.7. The summed E-state index contributed by atoms with van der Waals surface area (Å²) in [5, 5.41) is 2.97. The van der Waals surface area contributed by atoms with E-state index < -0.39 is 9.05 Å². The molecule has 0 saturated carbocycles. The number of rotatable bonds is 4. The highest BCUT2D eigenvalue weighted by molar-refractivity contribution is 8.13. The molecule has 0 aliphatic rings. The van der Waals surface area contributed by atoms with Crippen molar-refractivity contribution in [3.8, 4) is 5.75 Å². The first-order valence-corrected chi connectivity index (χ1v) is 7.93. The maximum atomic E-state index is 10.7. The fourth-order valence-corrected chi connectivity index (χ4v) is 2.62. The molecule has 2 aromatic rings. The van der Waals surface area contributed by atoms with Crippen molar-refractivity contribution in [1.82, 2.24) is 0 Å². The van der Waals surface area contributed by atoms with Crippen molar-refractivity contribution in [2.75, 3.05) is 12.4 Å². The number of hydrogen-bond donors (Lipinski definition) is 0. The van der Waals surface area contributed by atoms with E-state index >= 15 is 0 Å². The molecule has 0 aliphatic carbocycles. The lowest BCUT2D eigenvalue weighted by Crippen LogP contribution is -2.08. The number of ether oxygens (including phenoxy) is 1. The number of benzene rings is 1. The maximum Gasteiger partial charge on any atom is 0.235 e. The van der Waals surface area contributed by atoms with Gasteiger partial charge in [-0.25, -0.2) is 8.42 Å². The van der Waals surface area contributed by atoms with E-state index in [1.807, 2.05) is 29.6 Å². The van der Waals surface area contributed by atoms with Gasteiger partial charge in [-0.2, -0.15) is 0 Å². The summed E-state index contributed by atoms with van der Waals surface area (Å²) in [5.41, 5.74) is 0. The Labute approximate surface area is 102 Å². The molecule has 0 N–H and O–H groups in total. The standard InChI is InChI=1S/C10H9ClO3S2/c11-16(12,13)7-5-14-9-2-1-3-10-8(9)4-6-15-10/h1-4,6H,5,7H2. The Hall–Kier alpha value is -0.780. The molecule has 1 aromatic carbocycles. The van der Waals surface area contributed by atoms with Crippen LogP contribution < -0.4 is 4.74 Å². The minimum Gasteiger partial charge on any atom is -0.492 e. The fourth-order valence-electron chi connectivity index (χ4n) is 1.34. The normalized spacial score (nSPS) is 11.8. The molecule has 2 rings (SSSR count). The van der Waals surface area contributed by atoms with Gasteiger partial charge in [0.25, 0.3) is 0 Å². The fraction of sp³-hybridized carbons (Fsp3) is 0.200. The summed E-state index contributed by atoms with van der Waals surface area (Å²) in [6, 6.07) is 7.63. The van der Waals surface area contributed by atoms with Gasteiger partial charge >= 0.3 is 0 Å². The SMILES string of the molecule is O=S(=O)(Cl)CCOc1cccc2sccc12. The molecule has 6 heteroatoms. The highest BCUT2D eigenvalue weighted by Gasteiger charge is 2.07. The second-order valence-electron chi connectivity index (χ2n) is 3.18. The van der Waals surface area contributed by atoms with E-state index in [9.17, 15) is 8.42 Å². The van der Waals surface area contributed by atoms with Crippen LogP contribution in [0.3, 0.4) is 0 Å². The zero-order valence-corrected chi connectivity index (χ0v) is 10.6. The van der Waals surface area contributed by atoms with Gasteiger partial charge in [0, 0.05) is 20.8 Å². The first-order valence-electron chi connectivity index (χ1n) is 4.57. The Morgan fingerprint density at radius 1 is 1.31 bits per heavy atom. The molecule has 3 nitrogen and oxygen atoms in total. The molecule has 0 spiro atoms. The van der Waals surface area contributed by atoms with Gasteiger partial charge in [-0.05, 0) is 23.6 Å². The molecule has 0 aliphatic heterocycles. The molecule has 0 radical (unpaired) electrons. The van der Waals surface area contributed by atoms with Gasteiger partial charge in [-0.3, -0.25) is 0 Å². The van der Waals surface area contributed by atoms with Gasteiger partial charge in [0.1, 0.15) is 12.4 Å². The predicted molar refractivity (Wildman–Crippen MR) is 67.0 cm³/mol. The van der Waals surface area contributed by atoms with Crippen molar-refractivity contribution in [2.24, 2.45) is 0 Å². The van der Waals surface area contributed by atoms with Gasteiger partial charge in [-0.1, -0.05) is 6.07 Å². The van der Waals surface area contributed by atoms with Gasteiger partial charge in [0.2, 0.25) is 9.05 Å². The Morgan fingerprint density at radius 2 is 2.12 bits per heavy atom. The lowest BCUT2D eigenvalue weighted by molar-refractivity contribution is 0.345. The second kappa shape index (κ2) is 4.61. The van der Waals surface area contributed by atoms with Crippen LogP contribution in [0.25, 0.3) is 10.1 Å². The Morgan fingerprint density at radius 3 is 2.88 bits per heavy atom. The summed E-state index contributed by atoms with van der Waals surface area (Å²) in [6.07, 6.45) is 0. The molecular weight excluding hydrogens is 268 g/mol. The predicted octanol–water partition coefficient (Wildman–Crippen LogP) is 2.85. The monoisotopic (exact) mass is 276 g/mol. The summed E-state index contributed by atoms with van der Waals surface area (Å²) in [4.78, 5) is 0. The summed E-state index contributed by atoms with van der Waals surface area (Å²) < 4.78 is 28.0. The largest absolute Gasteiger partial charge is 0.492 e. The summed E-state index contributed by atoms with van der Waals surface area (Å²) >= 11 is 1.62. The number of halogens is 1. The van der Waals surface area contributed by atoms with Gasteiger partial charge < -0.3 is 4.74 Å². The first kappa shape index (κ1) is 11.7. The van der Waals surface area contributed by atoms with Crippen molar-refractivity contribution >= 4 is 41.2 Å². The van der Waals surface area contributed by atoms with Gasteiger partial charge in [0.05, 0.1) is 5.75 Å². The quantitative estimate of drug-likeness (QED) is 0.807. The highest BCUT2D eigenvalue weighted by Crippen LogP contribution is 2.29. The minimum absolute atomic E-state index is 0.0702. The van der Waals surface area contributed by atoms with E-state index in [0.717, 1.165) is 10.1 Å². The zero-order valence-electron chi connectivity index (χ0n) is 8.22. The number of thiophene rings is 1. The third kappa shape index (κ3) is 2.87. The van der Waals surface area contributed by atoms with Crippen LogP contribution in [0, 0.1) is 0 Å². The molecule has 0 amide bonds. The lowest BCUT2D eigenvalue weighted by atomic mass is 10.2. The van der Waals surface area contributed by atoms with E-state index in [4.69, 9.17) is 15.4 Å². The average molecular weight is 277 g/mol. The molecular formula is C10H9ClO3S2. The van der Waals surface area contributed by atoms with Crippen LogP contribution in [0.1, 0.15) is 0 Å². The second-order valence-corrected chi connectivity index (χ2v) is 7.02. The van der Waals surface area contributed by atoms with Gasteiger partial charge in [-0.15, -0.1) is 11.3 Å². The molecule has 16 heavy (non-hydrogen) atoms. The summed E-state index contributed by atoms with van der Waals surface area (Å²) in [5.74, 6) is 0.508. The van der Waals surface area contributed by atoms with Crippen molar-refractivity contribution < 1.29 is 13.2 Å². The third-order valence-electron chi connectivity index (χ3n) is 2.04. The topological polar surface area (TPSA) is 43.4 Å². The zero-order chi connectivity index (χ0) is 11.6. The van der Waals surface area contributed by atoms with Crippen LogP contribution in [-0.4, -0.2) is 20.8 Å². The first-order chi connectivity index (χ1) is 7.56. The molecule has 0 atom stereocenters. The molecule has 86 valence electrons. The van der Waals surface area contributed by atoms with Crippen LogP contribution in [0.5, 0.6) is 5.75 Å². The van der Waals surface area contributed by atoms with Crippen molar-refractivity contribution in [1.29, 1.82) is 0 Å². The van der Waals surface area contributed by atoms with Crippen LogP contribution in [0.4, 0.5) is 0 Å². The van der Waals surface area contributed by atoms with Gasteiger partial charge in [0.15, 0.2) is 0 Å². The Kier molecular flexibility index (Phi) is 3.37. The lowest BCUT2D eigenvalue weighted by Gasteiger charge is -2.05. The van der Waals surface area contributed by atoms with Crippen molar-refractivity contribution in [3.63, 3.8) is 0 Å². The third-order valence-corrected chi connectivity index (χ3v) is 4.04. The van der Waals surface area contributed by atoms with E-state index in [1.165, 1.54) is 0 Å². The Balaban J connectivity index is 2.12.